The lowest BCUT2D eigenvalue weighted by molar-refractivity contribution is -0.106. The molecule has 0 amide bonds. The van der Waals surface area contributed by atoms with E-state index in [1.54, 1.807) is 0 Å². The van der Waals surface area contributed by atoms with Crippen LogP contribution >= 0.6 is 0 Å². The van der Waals surface area contributed by atoms with Gasteiger partial charge < -0.3 is 18.9 Å². The third kappa shape index (κ3) is 6.48. The molecular formula is C26H36O4. The highest BCUT2D eigenvalue weighted by molar-refractivity contribution is 5.39. The predicted molar refractivity (Wildman–Crippen MR) is 120 cm³/mol. The first kappa shape index (κ1) is 22.6. The van der Waals surface area contributed by atoms with Gasteiger partial charge in [0.1, 0.15) is 11.5 Å². The molecule has 0 bridgehead atoms. The number of rotatable bonds is 4. The summed E-state index contributed by atoms with van der Waals surface area (Å²) in [6.45, 7) is 10.0. The van der Waals surface area contributed by atoms with Gasteiger partial charge in [-0.3, -0.25) is 0 Å². The highest BCUT2D eigenvalue weighted by Gasteiger charge is 2.17. The third-order valence-electron chi connectivity index (χ3n) is 5.90. The van der Waals surface area contributed by atoms with Gasteiger partial charge >= 0.3 is 0 Å². The van der Waals surface area contributed by atoms with Crippen molar-refractivity contribution in [2.24, 2.45) is 0 Å². The summed E-state index contributed by atoms with van der Waals surface area (Å²) >= 11 is 0. The van der Waals surface area contributed by atoms with Gasteiger partial charge in [-0.2, -0.15) is 0 Å². The Morgan fingerprint density at radius 2 is 1.07 bits per heavy atom. The van der Waals surface area contributed by atoms with Crippen LogP contribution in [0, 0.1) is 27.7 Å². The van der Waals surface area contributed by atoms with E-state index in [1.807, 2.05) is 24.3 Å². The maximum atomic E-state index is 5.84. The van der Waals surface area contributed by atoms with Crippen LogP contribution in [0.2, 0.25) is 0 Å². The normalized spacial score (nSPS) is 21.3. The minimum absolute atomic E-state index is 0.0424. The van der Waals surface area contributed by atoms with Crippen molar-refractivity contribution < 1.29 is 18.9 Å². The molecule has 4 rings (SSSR count). The van der Waals surface area contributed by atoms with Gasteiger partial charge in [0.25, 0.3) is 0 Å². The second kappa shape index (κ2) is 11.4. The van der Waals surface area contributed by atoms with Crippen molar-refractivity contribution in [1.82, 2.24) is 0 Å². The zero-order chi connectivity index (χ0) is 21.3. The van der Waals surface area contributed by atoms with E-state index in [-0.39, 0.29) is 12.6 Å². The van der Waals surface area contributed by atoms with Crippen LogP contribution in [0.15, 0.2) is 36.4 Å². The van der Waals surface area contributed by atoms with E-state index in [0.717, 1.165) is 50.4 Å². The zero-order valence-electron chi connectivity index (χ0n) is 18.9. The standard InChI is InChI=1S/2C13H18O2/c2*1-10-6-5-7-12(11(10)2)15-13-8-3-4-9-14-13/h2*5-7,13H,3-4,8-9H2,1-2H3. The van der Waals surface area contributed by atoms with Crippen molar-refractivity contribution in [2.45, 2.75) is 78.8 Å². The summed E-state index contributed by atoms with van der Waals surface area (Å²) in [6, 6.07) is 12.3. The van der Waals surface area contributed by atoms with Gasteiger partial charge in [-0.1, -0.05) is 24.3 Å². The Morgan fingerprint density at radius 3 is 1.43 bits per heavy atom. The van der Waals surface area contributed by atoms with E-state index >= 15 is 0 Å². The number of ether oxygens (including phenoxy) is 4. The quantitative estimate of drug-likeness (QED) is 0.581. The van der Waals surface area contributed by atoms with Crippen LogP contribution in [0.4, 0.5) is 0 Å². The predicted octanol–water partition coefficient (Wildman–Crippen LogP) is 6.42. The molecule has 0 aromatic heterocycles. The molecule has 2 fully saturated rings. The first-order chi connectivity index (χ1) is 14.5. The summed E-state index contributed by atoms with van der Waals surface area (Å²) in [5.41, 5.74) is 4.96. The Balaban J connectivity index is 0.000000171. The van der Waals surface area contributed by atoms with E-state index in [1.165, 1.54) is 35.1 Å². The van der Waals surface area contributed by atoms with Crippen molar-refractivity contribution >= 4 is 0 Å². The molecule has 2 atom stereocenters. The Labute approximate surface area is 181 Å². The Kier molecular flexibility index (Phi) is 8.59. The lowest BCUT2D eigenvalue weighted by atomic mass is 10.1. The van der Waals surface area contributed by atoms with Crippen LogP contribution in [-0.4, -0.2) is 25.8 Å². The van der Waals surface area contributed by atoms with Crippen LogP contribution in [0.3, 0.4) is 0 Å². The summed E-state index contributed by atoms with van der Waals surface area (Å²) in [5, 5.41) is 0. The Morgan fingerprint density at radius 1 is 0.633 bits per heavy atom. The van der Waals surface area contributed by atoms with Crippen molar-refractivity contribution in [3.63, 3.8) is 0 Å². The fraction of sp³-hybridized carbons (Fsp3) is 0.538. The summed E-state index contributed by atoms with van der Waals surface area (Å²) < 4.78 is 22.8. The van der Waals surface area contributed by atoms with E-state index in [9.17, 15) is 0 Å². The number of aryl methyl sites for hydroxylation is 2. The molecule has 2 unspecified atom stereocenters. The molecule has 2 aliphatic rings. The van der Waals surface area contributed by atoms with Gasteiger partial charge in [0.05, 0.1) is 13.2 Å². The van der Waals surface area contributed by atoms with Gasteiger partial charge in [-0.05, 0) is 87.8 Å². The van der Waals surface area contributed by atoms with E-state index < -0.39 is 0 Å². The molecule has 0 saturated carbocycles. The third-order valence-corrected chi connectivity index (χ3v) is 5.90. The minimum Gasteiger partial charge on any atom is -0.465 e. The molecule has 2 aliphatic heterocycles. The second-order valence-corrected chi connectivity index (χ2v) is 8.22. The Bertz CT molecular complexity index is 722. The second-order valence-electron chi connectivity index (χ2n) is 8.22. The molecule has 4 nitrogen and oxygen atoms in total. The molecular weight excluding hydrogens is 376 g/mol. The summed E-state index contributed by atoms with van der Waals surface area (Å²) in [7, 11) is 0. The van der Waals surface area contributed by atoms with Gasteiger partial charge in [-0.25, -0.2) is 0 Å². The monoisotopic (exact) mass is 412 g/mol. The summed E-state index contributed by atoms with van der Waals surface area (Å²) in [5.74, 6) is 1.92. The number of hydrogen-bond donors (Lipinski definition) is 0. The van der Waals surface area contributed by atoms with Crippen molar-refractivity contribution in [3.8, 4) is 11.5 Å². The van der Waals surface area contributed by atoms with E-state index in [2.05, 4.69) is 39.8 Å². The smallest absolute Gasteiger partial charge is 0.199 e. The molecule has 0 radical (unpaired) electrons. The highest BCUT2D eigenvalue weighted by Crippen LogP contribution is 2.25. The molecule has 4 heteroatoms. The molecule has 2 saturated heterocycles. The van der Waals surface area contributed by atoms with Crippen LogP contribution in [0.5, 0.6) is 11.5 Å². The summed E-state index contributed by atoms with van der Waals surface area (Å²) in [6.07, 6.45) is 6.66. The van der Waals surface area contributed by atoms with E-state index in [4.69, 9.17) is 18.9 Å². The minimum atomic E-state index is -0.0424. The SMILES string of the molecule is Cc1cccc(OC2CCCCO2)c1C.Cc1cccc(OC2CCCCO2)c1C. The zero-order valence-corrected chi connectivity index (χ0v) is 18.9. The lowest BCUT2D eigenvalue weighted by Crippen LogP contribution is -2.25. The number of hydrogen-bond acceptors (Lipinski definition) is 4. The first-order valence-corrected chi connectivity index (χ1v) is 11.2. The lowest BCUT2D eigenvalue weighted by Gasteiger charge is -2.24. The molecule has 0 spiro atoms. The fourth-order valence-electron chi connectivity index (χ4n) is 3.60. The van der Waals surface area contributed by atoms with Gasteiger partial charge in [0.15, 0.2) is 12.6 Å². The molecule has 2 aromatic carbocycles. The molecule has 30 heavy (non-hydrogen) atoms. The summed E-state index contributed by atoms with van der Waals surface area (Å²) in [4.78, 5) is 0. The van der Waals surface area contributed by atoms with E-state index in [0.29, 0.717) is 0 Å². The van der Waals surface area contributed by atoms with Crippen molar-refractivity contribution in [1.29, 1.82) is 0 Å². The van der Waals surface area contributed by atoms with Crippen LogP contribution < -0.4 is 9.47 Å². The largest absolute Gasteiger partial charge is 0.465 e. The number of benzene rings is 2. The maximum absolute atomic E-state index is 5.84. The fourth-order valence-corrected chi connectivity index (χ4v) is 3.60. The van der Waals surface area contributed by atoms with Crippen molar-refractivity contribution in [3.05, 3.63) is 58.7 Å². The van der Waals surface area contributed by atoms with Gasteiger partial charge in [-0.15, -0.1) is 0 Å². The topological polar surface area (TPSA) is 36.9 Å². The molecule has 0 N–H and O–H groups in total. The van der Waals surface area contributed by atoms with Crippen molar-refractivity contribution in [2.75, 3.05) is 13.2 Å². The maximum Gasteiger partial charge on any atom is 0.199 e. The molecule has 2 aromatic rings. The molecule has 2 heterocycles. The average molecular weight is 413 g/mol. The van der Waals surface area contributed by atoms with Crippen LogP contribution in [0.25, 0.3) is 0 Å². The molecule has 164 valence electrons. The highest BCUT2D eigenvalue weighted by atomic mass is 16.7. The average Bonchev–Trinajstić information content (AvgIpc) is 2.77. The Hall–Kier alpha value is -2.04. The molecule has 0 aliphatic carbocycles. The van der Waals surface area contributed by atoms with Gasteiger partial charge in [0, 0.05) is 12.8 Å². The first-order valence-electron chi connectivity index (χ1n) is 11.2. The van der Waals surface area contributed by atoms with Crippen LogP contribution in [-0.2, 0) is 9.47 Å². The van der Waals surface area contributed by atoms with Crippen LogP contribution in [0.1, 0.15) is 60.8 Å². The van der Waals surface area contributed by atoms with Gasteiger partial charge in [0.2, 0.25) is 0 Å².